The summed E-state index contributed by atoms with van der Waals surface area (Å²) in [5, 5.41) is 0. The summed E-state index contributed by atoms with van der Waals surface area (Å²) in [7, 11) is 3.69. The zero-order valence-corrected chi connectivity index (χ0v) is 25.9. The van der Waals surface area contributed by atoms with Gasteiger partial charge in [0.15, 0.2) is 11.2 Å². The first-order chi connectivity index (χ1) is 17.5. The Balaban J connectivity index is 0.00000336. The van der Waals surface area contributed by atoms with Crippen LogP contribution in [0.25, 0.3) is 11.2 Å². The number of nitrogens with one attached hydrogen (secondary N) is 1. The molecular formula is C24H37N6O4PS3. The Morgan fingerprint density at radius 1 is 1.50 bits per heavy atom. The monoisotopic (exact) mass is 600 g/mol. The maximum Gasteiger partial charge on any atom is 0.280 e. The molecule has 1 saturated carbocycles. The summed E-state index contributed by atoms with van der Waals surface area (Å²) in [6, 6.07) is 0. The second-order valence-corrected chi connectivity index (χ2v) is 17.2. The molecule has 3 fully saturated rings. The summed E-state index contributed by atoms with van der Waals surface area (Å²) in [4.78, 5) is 30.1. The molecule has 0 spiro atoms. The highest BCUT2D eigenvalue weighted by molar-refractivity contribution is 8.68. The van der Waals surface area contributed by atoms with Crippen LogP contribution in [0.5, 0.6) is 0 Å². The molecule has 5 rings (SSSR count). The van der Waals surface area contributed by atoms with E-state index in [1.54, 1.807) is 33.5 Å². The molecule has 0 radical (unpaired) electrons. The van der Waals surface area contributed by atoms with Crippen molar-refractivity contribution in [2.45, 2.75) is 82.2 Å². The first-order valence-corrected chi connectivity index (χ1v) is 16.7. The van der Waals surface area contributed by atoms with E-state index < -0.39 is 5.69 Å². The molecule has 2 saturated heterocycles. The maximum absolute atomic E-state index is 12.6. The summed E-state index contributed by atoms with van der Waals surface area (Å²) in [5.74, 6) is 0.681. The van der Waals surface area contributed by atoms with Crippen molar-refractivity contribution in [3.05, 3.63) is 28.8 Å². The number of imidazole rings is 1. The van der Waals surface area contributed by atoms with Gasteiger partial charge in [-0.1, -0.05) is 30.5 Å². The van der Waals surface area contributed by atoms with Crippen molar-refractivity contribution in [2.75, 3.05) is 14.1 Å². The number of hydrogen-bond acceptors (Lipinski definition) is 9. The quantitative estimate of drug-likeness (QED) is 0.203. The van der Waals surface area contributed by atoms with Crippen LogP contribution in [-0.2, 0) is 25.6 Å². The van der Waals surface area contributed by atoms with Crippen LogP contribution in [0.15, 0.2) is 28.3 Å². The second kappa shape index (κ2) is 11.3. The third kappa shape index (κ3) is 5.80. The van der Waals surface area contributed by atoms with Gasteiger partial charge in [0.05, 0.1) is 31.0 Å². The highest BCUT2D eigenvalue weighted by Gasteiger charge is 2.54. The van der Waals surface area contributed by atoms with Crippen molar-refractivity contribution in [1.82, 2.24) is 24.4 Å². The molecule has 0 unspecified atom stereocenters. The summed E-state index contributed by atoms with van der Waals surface area (Å²) < 4.78 is 21.3. The number of aliphatic imine (C=N–C) groups is 1. The van der Waals surface area contributed by atoms with Crippen molar-refractivity contribution in [3.8, 4) is 0 Å². The van der Waals surface area contributed by atoms with Gasteiger partial charge in [0, 0.05) is 25.3 Å². The number of nitrogens with zero attached hydrogens (tertiary/aromatic N) is 5. The zero-order chi connectivity index (χ0) is 26.5. The molecule has 2 aromatic rings. The van der Waals surface area contributed by atoms with Gasteiger partial charge in [-0.25, -0.2) is 9.98 Å². The average Bonchev–Trinajstić information content (AvgIpc) is 3.49. The van der Waals surface area contributed by atoms with Crippen LogP contribution in [0.2, 0.25) is 0 Å². The van der Waals surface area contributed by atoms with E-state index in [1.807, 2.05) is 14.1 Å². The van der Waals surface area contributed by atoms with Crippen LogP contribution >= 0.6 is 30.6 Å². The molecule has 14 heteroatoms. The number of ether oxygens (including phenoxy) is 1. The van der Waals surface area contributed by atoms with Crippen LogP contribution < -0.4 is 5.56 Å². The molecule has 4 heterocycles. The highest BCUT2D eigenvalue weighted by Crippen LogP contribution is 2.76. The van der Waals surface area contributed by atoms with Crippen LogP contribution in [0.3, 0.4) is 0 Å². The molecule has 0 amide bonds. The fraction of sp³-hybridized carbons (Fsp3) is 0.667. The summed E-state index contributed by atoms with van der Waals surface area (Å²) in [6.07, 6.45) is 6.91. The number of hydrogen-bond donors (Lipinski definition) is 1. The van der Waals surface area contributed by atoms with Crippen LogP contribution in [0.1, 0.15) is 59.1 Å². The summed E-state index contributed by atoms with van der Waals surface area (Å²) >= 11 is 7.77. The van der Waals surface area contributed by atoms with E-state index in [-0.39, 0.29) is 59.8 Å². The molecule has 2 aromatic heterocycles. The Morgan fingerprint density at radius 2 is 2.26 bits per heavy atom. The highest BCUT2D eigenvalue weighted by atomic mass is 32.9. The molecular weight excluding hydrogens is 563 g/mol. The van der Waals surface area contributed by atoms with Gasteiger partial charge in [0.25, 0.3) is 5.56 Å². The third-order valence-corrected chi connectivity index (χ3v) is 13.2. The second-order valence-electron chi connectivity index (χ2n) is 10.6. The van der Waals surface area contributed by atoms with Crippen molar-refractivity contribution >= 4 is 65.8 Å². The predicted molar refractivity (Wildman–Crippen MR) is 161 cm³/mol. The Bertz CT molecular complexity index is 1330. The van der Waals surface area contributed by atoms with Crippen molar-refractivity contribution in [3.63, 3.8) is 0 Å². The third-order valence-electron chi connectivity index (χ3n) is 7.43. The van der Waals surface area contributed by atoms with Gasteiger partial charge in [0.2, 0.25) is 11.6 Å². The number of fused-ring (bicyclic) bond motifs is 2. The van der Waals surface area contributed by atoms with E-state index in [1.165, 1.54) is 5.57 Å². The van der Waals surface area contributed by atoms with Crippen LogP contribution in [0.4, 0.5) is 5.95 Å². The Kier molecular flexibility index (Phi) is 8.89. The van der Waals surface area contributed by atoms with E-state index in [9.17, 15) is 4.79 Å². The van der Waals surface area contributed by atoms with E-state index in [0.717, 1.165) is 25.7 Å². The Morgan fingerprint density at radius 3 is 2.95 bits per heavy atom. The van der Waals surface area contributed by atoms with E-state index in [2.05, 4.69) is 47.3 Å². The smallest absolute Gasteiger partial charge is 0.280 e. The SMILES string of the molecule is C=C(C)[C@H]1CC[C@@]2(C)S[P@@](=S)(O[C@H]3C[C@H](n4cnc5c(=O)[nH]c(N=CN(C)C)nc54)O[C@@H]3CC)O[C@@H]2C1.S. The van der Waals surface area contributed by atoms with E-state index in [4.69, 9.17) is 25.6 Å². The van der Waals surface area contributed by atoms with Gasteiger partial charge in [0.1, 0.15) is 6.23 Å². The van der Waals surface area contributed by atoms with Gasteiger partial charge < -0.3 is 18.7 Å². The molecule has 0 bridgehead atoms. The van der Waals surface area contributed by atoms with Crippen LogP contribution in [0, 0.1) is 5.92 Å². The topological polar surface area (TPSA) is 107 Å². The standard InChI is InChI=1S/C24H35N6O4PS2.H2S/c1-7-16-17(33-35(36)34-18-10-15(14(2)3)8-9-24(18,4)37-35)11-19(32-16)30-13-25-20-21(30)27-23(28-22(20)31)26-12-29(5)6;/h12-13,15-19H,2,7-11H2,1,3-6H3,(H,27,28,31);1H2/t15-,16+,17-,18+,19+,24+,35-;/m0./s1. The minimum Gasteiger partial charge on any atom is -0.369 e. The normalized spacial score (nSPS) is 34.9. The lowest BCUT2D eigenvalue weighted by Gasteiger charge is -2.37. The minimum atomic E-state index is -2.56. The zero-order valence-electron chi connectivity index (χ0n) is 22.4. The molecule has 210 valence electrons. The van der Waals surface area contributed by atoms with Gasteiger partial charge in [-0.15, -0.1) is 0 Å². The van der Waals surface area contributed by atoms with E-state index in [0.29, 0.717) is 18.0 Å². The first-order valence-electron chi connectivity index (χ1n) is 12.7. The average molecular weight is 601 g/mol. The van der Waals surface area contributed by atoms with Gasteiger partial charge in [-0.2, -0.15) is 18.5 Å². The molecule has 38 heavy (non-hydrogen) atoms. The number of rotatable bonds is 7. The maximum atomic E-state index is 12.6. The first kappa shape index (κ1) is 29.8. The Labute approximate surface area is 239 Å². The Hall–Kier alpha value is -1.21. The molecule has 10 nitrogen and oxygen atoms in total. The fourth-order valence-corrected chi connectivity index (χ4v) is 12.9. The fourth-order valence-electron chi connectivity index (χ4n) is 5.30. The van der Waals surface area contributed by atoms with E-state index >= 15 is 0 Å². The largest absolute Gasteiger partial charge is 0.369 e. The molecule has 3 aliphatic rings. The number of allylic oxidation sites excluding steroid dienone is 1. The molecule has 7 atom stereocenters. The molecule has 1 N–H and O–H groups in total. The summed E-state index contributed by atoms with van der Waals surface area (Å²) in [5.41, 5.74) is -1.02. The van der Waals surface area contributed by atoms with Crippen molar-refractivity contribution in [1.29, 1.82) is 0 Å². The van der Waals surface area contributed by atoms with Gasteiger partial charge in [-0.3, -0.25) is 14.3 Å². The number of aromatic nitrogens is 4. The summed E-state index contributed by atoms with van der Waals surface area (Å²) in [6.45, 7) is 10.6. The van der Waals surface area contributed by atoms with Crippen molar-refractivity contribution < 1.29 is 13.8 Å². The molecule has 2 aliphatic heterocycles. The molecule has 0 aromatic carbocycles. The van der Waals surface area contributed by atoms with Gasteiger partial charge in [-0.05, 0) is 57.3 Å². The van der Waals surface area contributed by atoms with Crippen LogP contribution in [-0.4, -0.2) is 67.9 Å². The van der Waals surface area contributed by atoms with Gasteiger partial charge >= 0.3 is 0 Å². The lowest BCUT2D eigenvalue weighted by Crippen LogP contribution is -2.39. The molecule has 1 aliphatic carbocycles. The number of H-pyrrole nitrogens is 1. The lowest BCUT2D eigenvalue weighted by molar-refractivity contribution is -0.0151. The minimum absolute atomic E-state index is 0. The lowest BCUT2D eigenvalue weighted by atomic mass is 9.77. The predicted octanol–water partition coefficient (Wildman–Crippen LogP) is 5.03. The number of aromatic amines is 1. The van der Waals surface area contributed by atoms with Crippen molar-refractivity contribution in [2.24, 2.45) is 10.9 Å².